The van der Waals surface area contributed by atoms with E-state index >= 15 is 0 Å². The van der Waals surface area contributed by atoms with Crippen LogP contribution in [0.2, 0.25) is 0 Å². The van der Waals surface area contributed by atoms with Gasteiger partial charge in [-0.2, -0.15) is 0 Å². The zero-order valence-corrected chi connectivity index (χ0v) is 32.7. The predicted octanol–water partition coefficient (Wildman–Crippen LogP) is 13.9. The molecule has 0 heterocycles. The topological polar surface area (TPSA) is 55.8 Å². The number of carbonyl (C=O) groups excluding carboxylic acids is 1. The molecule has 0 saturated carbocycles. The van der Waals surface area contributed by atoms with E-state index in [1.54, 1.807) is 0 Å². The van der Waals surface area contributed by atoms with Gasteiger partial charge in [0.15, 0.2) is 0 Å². The van der Waals surface area contributed by atoms with E-state index in [0.29, 0.717) is 13.0 Å². The van der Waals surface area contributed by atoms with E-state index < -0.39 is 6.10 Å². The minimum Gasteiger partial charge on any atom is -0.457 e. The van der Waals surface area contributed by atoms with Crippen molar-refractivity contribution in [3.63, 3.8) is 0 Å². The Bertz CT molecular complexity index is 768. The Kier molecular flexibility index (Phi) is 41.1. The first kappa shape index (κ1) is 47.4. The molecule has 0 aromatic heterocycles. The maximum Gasteiger partial charge on any atom is 0.306 e. The Balaban J connectivity index is 3.43. The van der Waals surface area contributed by atoms with Crippen LogP contribution >= 0.6 is 0 Å². The molecule has 0 aliphatic rings. The summed E-state index contributed by atoms with van der Waals surface area (Å²) in [5, 5.41) is 9.58. The normalized spacial score (nSPS) is 12.8. The van der Waals surface area contributed by atoms with Crippen molar-refractivity contribution >= 4 is 5.97 Å². The van der Waals surface area contributed by atoms with E-state index in [2.05, 4.69) is 62.5 Å². The molecule has 0 aromatic carbocycles. The van der Waals surface area contributed by atoms with Gasteiger partial charge in [-0.3, -0.25) is 4.79 Å². The molecular formula is C45H82O4. The molecule has 0 rings (SSSR count). The summed E-state index contributed by atoms with van der Waals surface area (Å²) >= 11 is 0. The standard InChI is InChI=1S/C45H82O4/c1-3-5-7-9-11-13-15-17-19-20-21-22-23-24-25-26-27-28-30-32-34-36-38-40-45(47)49-44(42-46)43-48-41-39-37-35-33-31-29-18-16-14-12-10-8-6-4-2/h6,8,12,14,18,20-21,29,44,46H,3-5,7,9-11,13,15-17,19,22-28,30-43H2,1-2H3/b8-6-,14-12-,21-20-,29-18-. The third-order valence-corrected chi connectivity index (χ3v) is 9.14. The maximum absolute atomic E-state index is 12.2. The van der Waals surface area contributed by atoms with E-state index in [-0.39, 0.29) is 19.2 Å². The first-order chi connectivity index (χ1) is 24.2. The van der Waals surface area contributed by atoms with Crippen LogP contribution in [0.1, 0.15) is 206 Å². The molecule has 0 fully saturated rings. The fraction of sp³-hybridized carbons (Fsp3) is 0.800. The number of allylic oxidation sites excluding steroid dienone is 8. The van der Waals surface area contributed by atoms with Crippen LogP contribution in [0.15, 0.2) is 48.6 Å². The predicted molar refractivity (Wildman–Crippen MR) is 214 cm³/mol. The zero-order valence-electron chi connectivity index (χ0n) is 32.7. The van der Waals surface area contributed by atoms with Crippen LogP contribution in [0.25, 0.3) is 0 Å². The Labute approximate surface area is 305 Å². The summed E-state index contributed by atoms with van der Waals surface area (Å²) in [5.74, 6) is -0.210. The molecule has 0 aromatic rings. The summed E-state index contributed by atoms with van der Waals surface area (Å²) < 4.78 is 11.1. The number of esters is 1. The molecule has 1 N–H and O–H groups in total. The average molecular weight is 687 g/mol. The highest BCUT2D eigenvalue weighted by Gasteiger charge is 2.13. The number of hydrogen-bond acceptors (Lipinski definition) is 4. The van der Waals surface area contributed by atoms with Crippen LogP contribution in [-0.2, 0) is 14.3 Å². The summed E-state index contributed by atoms with van der Waals surface area (Å²) in [7, 11) is 0. The molecule has 0 saturated heterocycles. The first-order valence-corrected chi connectivity index (χ1v) is 21.2. The molecule has 0 radical (unpaired) electrons. The molecule has 4 nitrogen and oxygen atoms in total. The Hall–Kier alpha value is -1.65. The van der Waals surface area contributed by atoms with Gasteiger partial charge in [0.2, 0.25) is 0 Å². The maximum atomic E-state index is 12.2. The quantitative estimate of drug-likeness (QED) is 0.0397. The minimum absolute atomic E-state index is 0.181. The van der Waals surface area contributed by atoms with E-state index in [9.17, 15) is 9.90 Å². The summed E-state index contributed by atoms with van der Waals surface area (Å²) in [6, 6.07) is 0. The van der Waals surface area contributed by atoms with Crippen LogP contribution in [0.4, 0.5) is 0 Å². The molecule has 0 amide bonds. The van der Waals surface area contributed by atoms with Crippen molar-refractivity contribution in [3.05, 3.63) is 48.6 Å². The fourth-order valence-corrected chi connectivity index (χ4v) is 5.98. The van der Waals surface area contributed by atoms with Crippen molar-refractivity contribution in [2.45, 2.75) is 213 Å². The Morgan fingerprint density at radius 2 is 0.918 bits per heavy atom. The van der Waals surface area contributed by atoms with E-state index in [4.69, 9.17) is 9.47 Å². The van der Waals surface area contributed by atoms with Crippen molar-refractivity contribution in [2.75, 3.05) is 19.8 Å². The number of ether oxygens (including phenoxy) is 2. The lowest BCUT2D eigenvalue weighted by molar-refractivity contribution is -0.154. The van der Waals surface area contributed by atoms with Crippen LogP contribution in [0.5, 0.6) is 0 Å². The summed E-state index contributed by atoms with van der Waals surface area (Å²) in [5.41, 5.74) is 0. The number of aliphatic hydroxyl groups excluding tert-OH is 1. The van der Waals surface area contributed by atoms with Crippen molar-refractivity contribution in [1.82, 2.24) is 0 Å². The van der Waals surface area contributed by atoms with Crippen molar-refractivity contribution < 1.29 is 19.4 Å². The van der Waals surface area contributed by atoms with Crippen LogP contribution in [0, 0.1) is 0 Å². The number of unbranched alkanes of at least 4 members (excludes halogenated alkanes) is 23. The lowest BCUT2D eigenvalue weighted by atomic mass is 10.0. The molecule has 0 spiro atoms. The largest absolute Gasteiger partial charge is 0.457 e. The van der Waals surface area contributed by atoms with Crippen LogP contribution in [0.3, 0.4) is 0 Å². The molecule has 49 heavy (non-hydrogen) atoms. The first-order valence-electron chi connectivity index (χ1n) is 21.2. The lowest BCUT2D eigenvalue weighted by Gasteiger charge is -2.15. The molecule has 1 unspecified atom stereocenters. The zero-order chi connectivity index (χ0) is 35.6. The molecule has 0 aliphatic carbocycles. The molecule has 0 bridgehead atoms. The highest BCUT2D eigenvalue weighted by Crippen LogP contribution is 2.14. The van der Waals surface area contributed by atoms with Gasteiger partial charge >= 0.3 is 5.97 Å². The summed E-state index contributed by atoms with van der Waals surface area (Å²) in [4.78, 5) is 12.2. The number of aliphatic hydroxyl groups is 1. The third-order valence-electron chi connectivity index (χ3n) is 9.14. The monoisotopic (exact) mass is 687 g/mol. The number of rotatable bonds is 39. The second-order valence-electron chi connectivity index (χ2n) is 14.0. The van der Waals surface area contributed by atoms with Gasteiger partial charge in [-0.25, -0.2) is 0 Å². The van der Waals surface area contributed by atoms with E-state index in [1.807, 2.05) is 0 Å². The Morgan fingerprint density at radius 3 is 1.41 bits per heavy atom. The van der Waals surface area contributed by atoms with Gasteiger partial charge in [0, 0.05) is 13.0 Å². The molecule has 1 atom stereocenters. The van der Waals surface area contributed by atoms with Gasteiger partial charge in [-0.1, -0.05) is 178 Å². The number of carbonyl (C=O) groups is 1. The van der Waals surface area contributed by atoms with Crippen LogP contribution < -0.4 is 0 Å². The average Bonchev–Trinajstić information content (AvgIpc) is 3.11. The Morgan fingerprint density at radius 1 is 0.510 bits per heavy atom. The summed E-state index contributed by atoms with van der Waals surface area (Å²) in [6.07, 6.45) is 54.6. The van der Waals surface area contributed by atoms with Gasteiger partial charge in [0.05, 0.1) is 13.2 Å². The highest BCUT2D eigenvalue weighted by atomic mass is 16.6. The van der Waals surface area contributed by atoms with Crippen molar-refractivity contribution in [3.8, 4) is 0 Å². The third kappa shape index (κ3) is 40.7. The van der Waals surface area contributed by atoms with Gasteiger partial charge in [-0.15, -0.1) is 0 Å². The molecule has 4 heteroatoms. The molecule has 286 valence electrons. The summed E-state index contributed by atoms with van der Waals surface area (Å²) in [6.45, 7) is 5.20. The minimum atomic E-state index is -0.546. The van der Waals surface area contributed by atoms with E-state index in [1.165, 1.54) is 135 Å². The fourth-order valence-electron chi connectivity index (χ4n) is 5.98. The van der Waals surface area contributed by atoms with Gasteiger partial charge in [0.25, 0.3) is 0 Å². The van der Waals surface area contributed by atoms with Gasteiger partial charge in [0.1, 0.15) is 6.10 Å². The van der Waals surface area contributed by atoms with Crippen LogP contribution in [-0.4, -0.2) is 37.0 Å². The molecule has 0 aliphatic heterocycles. The second-order valence-corrected chi connectivity index (χ2v) is 14.0. The van der Waals surface area contributed by atoms with Gasteiger partial charge in [-0.05, 0) is 70.6 Å². The van der Waals surface area contributed by atoms with Gasteiger partial charge < -0.3 is 14.6 Å². The van der Waals surface area contributed by atoms with Crippen molar-refractivity contribution in [2.24, 2.45) is 0 Å². The lowest BCUT2D eigenvalue weighted by Crippen LogP contribution is -2.27. The van der Waals surface area contributed by atoms with E-state index in [0.717, 1.165) is 51.4 Å². The SMILES string of the molecule is CC/C=C\C/C=C\C/C=C\CCCCCCOCC(CO)OC(=O)CCCCCCCCCCCCC/C=C\CCCCCCCCCC. The second kappa shape index (κ2) is 42.5. The van der Waals surface area contributed by atoms with Crippen molar-refractivity contribution in [1.29, 1.82) is 0 Å². The number of hydrogen-bond donors (Lipinski definition) is 1. The molecular weight excluding hydrogens is 604 g/mol. The smallest absolute Gasteiger partial charge is 0.306 e. The highest BCUT2D eigenvalue weighted by molar-refractivity contribution is 5.69.